The predicted octanol–water partition coefficient (Wildman–Crippen LogP) is 4.92. The smallest absolute Gasteiger partial charge is 0.0276 e. The Kier molecular flexibility index (Phi) is 6.32. The molecule has 0 atom stereocenters. The van der Waals surface area contributed by atoms with Gasteiger partial charge in [-0.3, -0.25) is 0 Å². The molecule has 1 aromatic carbocycles. The molecular weight excluding hydrogens is 192 g/mol. The minimum Gasteiger partial charge on any atom is -0.100 e. The molecule has 0 saturated heterocycles. The van der Waals surface area contributed by atoms with Gasteiger partial charge in [0.1, 0.15) is 0 Å². The van der Waals surface area contributed by atoms with Gasteiger partial charge in [0.25, 0.3) is 0 Å². The molecule has 0 heteroatoms. The third-order valence-corrected chi connectivity index (χ3v) is 2.58. The molecule has 0 aliphatic heterocycles. The Hall–Kier alpha value is -1.30. The van der Waals surface area contributed by atoms with Crippen molar-refractivity contribution in [3.05, 3.63) is 60.2 Å². The average molecular weight is 214 g/mol. The zero-order chi connectivity index (χ0) is 11.6. The van der Waals surface area contributed by atoms with Crippen molar-refractivity contribution in [3.8, 4) is 0 Å². The highest BCUT2D eigenvalue weighted by molar-refractivity contribution is 5.14. The van der Waals surface area contributed by atoms with Crippen molar-refractivity contribution in [1.29, 1.82) is 0 Å². The minimum atomic E-state index is 1.12. The predicted molar refractivity (Wildman–Crippen MR) is 72.6 cm³/mol. The van der Waals surface area contributed by atoms with Gasteiger partial charge in [0.2, 0.25) is 0 Å². The molecule has 0 spiro atoms. The summed E-state index contributed by atoms with van der Waals surface area (Å²) < 4.78 is 0. The van der Waals surface area contributed by atoms with E-state index < -0.39 is 0 Å². The molecule has 0 nitrogen and oxygen atoms in total. The van der Waals surface area contributed by atoms with Gasteiger partial charge in [0.15, 0.2) is 0 Å². The van der Waals surface area contributed by atoms with Crippen LogP contribution in [-0.2, 0) is 6.42 Å². The van der Waals surface area contributed by atoms with E-state index in [0.29, 0.717) is 0 Å². The van der Waals surface area contributed by atoms with E-state index in [1.807, 2.05) is 0 Å². The molecule has 1 aromatic rings. The van der Waals surface area contributed by atoms with Crippen molar-refractivity contribution in [2.24, 2.45) is 0 Å². The van der Waals surface area contributed by atoms with Gasteiger partial charge >= 0.3 is 0 Å². The van der Waals surface area contributed by atoms with Crippen molar-refractivity contribution in [1.82, 2.24) is 0 Å². The Morgan fingerprint density at radius 2 is 1.81 bits per heavy atom. The standard InChI is InChI=1S/C16H22/c1-15(2)11-7-4-3-5-8-12-16-13-9-6-10-14-16/h3-4,6,9-10,13-14H,1,5,7-8,11-12H2,2H3/b4-3-. The van der Waals surface area contributed by atoms with Crippen LogP contribution in [0.15, 0.2) is 54.6 Å². The van der Waals surface area contributed by atoms with Gasteiger partial charge in [0, 0.05) is 0 Å². The fourth-order valence-electron chi connectivity index (χ4n) is 1.63. The Morgan fingerprint density at radius 1 is 1.12 bits per heavy atom. The zero-order valence-corrected chi connectivity index (χ0v) is 10.3. The van der Waals surface area contributed by atoms with Crippen molar-refractivity contribution in [3.63, 3.8) is 0 Å². The maximum Gasteiger partial charge on any atom is -0.0276 e. The Labute approximate surface area is 99.7 Å². The van der Waals surface area contributed by atoms with E-state index in [2.05, 4.69) is 56.0 Å². The molecule has 0 N–H and O–H groups in total. The SMILES string of the molecule is C=C(C)CC/C=C\CCCc1ccccc1. The summed E-state index contributed by atoms with van der Waals surface area (Å²) in [5.41, 5.74) is 2.71. The molecule has 16 heavy (non-hydrogen) atoms. The van der Waals surface area contributed by atoms with E-state index in [-0.39, 0.29) is 0 Å². The first kappa shape index (κ1) is 12.8. The number of hydrogen-bond acceptors (Lipinski definition) is 0. The fourth-order valence-corrected chi connectivity index (χ4v) is 1.63. The largest absolute Gasteiger partial charge is 0.100 e. The number of benzene rings is 1. The number of rotatable bonds is 7. The van der Waals surface area contributed by atoms with Gasteiger partial charge in [-0.2, -0.15) is 0 Å². The maximum absolute atomic E-state index is 3.89. The van der Waals surface area contributed by atoms with Gasteiger partial charge in [-0.15, -0.1) is 6.58 Å². The van der Waals surface area contributed by atoms with E-state index in [9.17, 15) is 0 Å². The van der Waals surface area contributed by atoms with Crippen LogP contribution < -0.4 is 0 Å². The van der Waals surface area contributed by atoms with Gasteiger partial charge < -0.3 is 0 Å². The molecule has 0 unspecified atom stereocenters. The van der Waals surface area contributed by atoms with Crippen LogP contribution in [0.5, 0.6) is 0 Å². The summed E-state index contributed by atoms with van der Waals surface area (Å²) >= 11 is 0. The molecule has 0 aliphatic rings. The molecule has 0 saturated carbocycles. The van der Waals surface area contributed by atoms with Crippen molar-refractivity contribution in [2.45, 2.75) is 39.0 Å². The van der Waals surface area contributed by atoms with E-state index in [0.717, 1.165) is 12.8 Å². The Balaban J connectivity index is 2.06. The normalized spacial score (nSPS) is 10.8. The van der Waals surface area contributed by atoms with Crippen LogP contribution in [0.2, 0.25) is 0 Å². The van der Waals surface area contributed by atoms with Gasteiger partial charge in [-0.1, -0.05) is 48.1 Å². The third kappa shape index (κ3) is 6.23. The summed E-state index contributed by atoms with van der Waals surface area (Å²) in [6.07, 6.45) is 10.5. The lowest BCUT2D eigenvalue weighted by Gasteiger charge is -1.98. The molecule has 0 fully saturated rings. The van der Waals surface area contributed by atoms with Crippen LogP contribution in [0.1, 0.15) is 38.2 Å². The molecule has 0 aromatic heterocycles. The number of allylic oxidation sites excluding steroid dienone is 3. The van der Waals surface area contributed by atoms with Gasteiger partial charge in [0.05, 0.1) is 0 Å². The van der Waals surface area contributed by atoms with Crippen LogP contribution >= 0.6 is 0 Å². The second kappa shape index (κ2) is 7.92. The highest BCUT2D eigenvalue weighted by Gasteiger charge is 1.89. The quantitative estimate of drug-likeness (QED) is 0.446. The first-order valence-electron chi connectivity index (χ1n) is 6.12. The molecule has 0 amide bonds. The third-order valence-electron chi connectivity index (χ3n) is 2.58. The molecule has 0 heterocycles. The molecule has 1 rings (SSSR count). The van der Waals surface area contributed by atoms with Gasteiger partial charge in [-0.25, -0.2) is 0 Å². The van der Waals surface area contributed by atoms with Crippen molar-refractivity contribution < 1.29 is 0 Å². The summed E-state index contributed by atoms with van der Waals surface area (Å²) in [5, 5.41) is 0. The molecule has 86 valence electrons. The monoisotopic (exact) mass is 214 g/mol. The Morgan fingerprint density at radius 3 is 2.50 bits per heavy atom. The summed E-state index contributed by atoms with van der Waals surface area (Å²) in [7, 11) is 0. The minimum absolute atomic E-state index is 1.12. The number of hydrogen-bond donors (Lipinski definition) is 0. The van der Waals surface area contributed by atoms with Gasteiger partial charge in [-0.05, 0) is 44.6 Å². The maximum atomic E-state index is 3.89. The first-order chi connectivity index (χ1) is 7.79. The van der Waals surface area contributed by atoms with E-state index in [1.54, 1.807) is 0 Å². The molecular formula is C16H22. The lowest BCUT2D eigenvalue weighted by molar-refractivity contribution is 0.837. The van der Waals surface area contributed by atoms with E-state index in [1.165, 1.54) is 30.4 Å². The second-order valence-corrected chi connectivity index (χ2v) is 4.35. The summed E-state index contributed by atoms with van der Waals surface area (Å²) in [6, 6.07) is 10.7. The highest BCUT2D eigenvalue weighted by Crippen LogP contribution is 2.06. The molecule has 0 aliphatic carbocycles. The second-order valence-electron chi connectivity index (χ2n) is 4.35. The van der Waals surface area contributed by atoms with Crippen molar-refractivity contribution in [2.75, 3.05) is 0 Å². The lowest BCUT2D eigenvalue weighted by atomic mass is 10.1. The number of unbranched alkanes of at least 4 members (excludes halogenated alkanes) is 1. The summed E-state index contributed by atoms with van der Waals surface area (Å²) in [6.45, 7) is 5.98. The lowest BCUT2D eigenvalue weighted by Crippen LogP contribution is -1.82. The average Bonchev–Trinajstić information content (AvgIpc) is 2.29. The van der Waals surface area contributed by atoms with Crippen molar-refractivity contribution >= 4 is 0 Å². The highest BCUT2D eigenvalue weighted by atomic mass is 14.0. The molecule has 0 radical (unpaired) electrons. The van der Waals surface area contributed by atoms with Crippen LogP contribution in [0, 0.1) is 0 Å². The zero-order valence-electron chi connectivity index (χ0n) is 10.3. The van der Waals surface area contributed by atoms with Crippen LogP contribution in [0.3, 0.4) is 0 Å². The summed E-state index contributed by atoms with van der Waals surface area (Å²) in [4.78, 5) is 0. The number of aryl methyl sites for hydroxylation is 1. The van der Waals surface area contributed by atoms with Crippen LogP contribution in [-0.4, -0.2) is 0 Å². The fraction of sp³-hybridized carbons (Fsp3) is 0.375. The topological polar surface area (TPSA) is 0 Å². The van der Waals surface area contributed by atoms with Crippen LogP contribution in [0.25, 0.3) is 0 Å². The van der Waals surface area contributed by atoms with E-state index in [4.69, 9.17) is 0 Å². The first-order valence-corrected chi connectivity index (χ1v) is 6.12. The van der Waals surface area contributed by atoms with E-state index >= 15 is 0 Å². The Bertz CT molecular complexity index is 319. The summed E-state index contributed by atoms with van der Waals surface area (Å²) in [5.74, 6) is 0. The van der Waals surface area contributed by atoms with Crippen LogP contribution in [0.4, 0.5) is 0 Å². The molecule has 0 bridgehead atoms.